The maximum absolute atomic E-state index is 13.0. The van der Waals surface area contributed by atoms with Crippen LogP contribution >= 0.6 is 11.6 Å². The highest BCUT2D eigenvalue weighted by atomic mass is 35.5. The van der Waals surface area contributed by atoms with Crippen molar-refractivity contribution in [1.82, 2.24) is 0 Å². The Kier molecular flexibility index (Phi) is 4.56. The van der Waals surface area contributed by atoms with Crippen molar-refractivity contribution in [1.29, 1.82) is 0 Å². The van der Waals surface area contributed by atoms with Crippen molar-refractivity contribution in [3.63, 3.8) is 0 Å². The van der Waals surface area contributed by atoms with Gasteiger partial charge in [0, 0.05) is 5.88 Å². The standard InChI is InChI=1S/C10H13ClFNO2S/c1-8-5-9(12)7-10(6-8)13-16(14,15)4-2-3-11/h5-7,13H,2-4H2,1H3. The van der Waals surface area contributed by atoms with Crippen LogP contribution in [0.15, 0.2) is 18.2 Å². The van der Waals surface area contributed by atoms with Gasteiger partial charge in [0.15, 0.2) is 0 Å². The van der Waals surface area contributed by atoms with Crippen LogP contribution < -0.4 is 4.72 Å². The maximum atomic E-state index is 13.0. The van der Waals surface area contributed by atoms with Gasteiger partial charge in [0.05, 0.1) is 11.4 Å². The van der Waals surface area contributed by atoms with E-state index in [4.69, 9.17) is 11.6 Å². The minimum absolute atomic E-state index is 0.0634. The molecule has 0 aliphatic carbocycles. The lowest BCUT2D eigenvalue weighted by molar-refractivity contribution is 0.600. The predicted octanol–water partition coefficient (Wildman–Crippen LogP) is 2.50. The SMILES string of the molecule is Cc1cc(F)cc(NS(=O)(=O)CCCCl)c1. The van der Waals surface area contributed by atoms with Crippen LogP contribution in [0.2, 0.25) is 0 Å². The average Bonchev–Trinajstić information content (AvgIpc) is 2.12. The van der Waals surface area contributed by atoms with E-state index in [9.17, 15) is 12.8 Å². The summed E-state index contributed by atoms with van der Waals surface area (Å²) in [7, 11) is -3.43. The monoisotopic (exact) mass is 265 g/mol. The van der Waals surface area contributed by atoms with Crippen molar-refractivity contribution >= 4 is 27.3 Å². The lowest BCUT2D eigenvalue weighted by Crippen LogP contribution is -2.17. The van der Waals surface area contributed by atoms with Crippen molar-refractivity contribution in [3.8, 4) is 0 Å². The molecule has 0 aromatic heterocycles. The Bertz CT molecular complexity index is 442. The molecule has 0 amide bonds. The van der Waals surface area contributed by atoms with E-state index in [-0.39, 0.29) is 17.3 Å². The predicted molar refractivity (Wildman–Crippen MR) is 63.9 cm³/mol. The number of benzene rings is 1. The number of aryl methyl sites for hydroxylation is 1. The van der Waals surface area contributed by atoms with E-state index >= 15 is 0 Å². The number of nitrogens with one attached hydrogen (secondary N) is 1. The molecule has 0 unspecified atom stereocenters. The third-order valence-electron chi connectivity index (χ3n) is 1.86. The first-order chi connectivity index (χ1) is 7.43. The van der Waals surface area contributed by atoms with Crippen molar-refractivity contribution < 1.29 is 12.8 Å². The van der Waals surface area contributed by atoms with Gasteiger partial charge in [-0.05, 0) is 37.1 Å². The summed E-state index contributed by atoms with van der Waals surface area (Å²) in [5.74, 6) is -0.246. The van der Waals surface area contributed by atoms with Crippen molar-refractivity contribution in [2.45, 2.75) is 13.3 Å². The number of rotatable bonds is 5. The summed E-state index contributed by atoms with van der Waals surface area (Å²) in [6.45, 7) is 1.69. The van der Waals surface area contributed by atoms with E-state index in [1.54, 1.807) is 13.0 Å². The second kappa shape index (κ2) is 5.50. The van der Waals surface area contributed by atoms with Gasteiger partial charge in [-0.2, -0.15) is 0 Å². The maximum Gasteiger partial charge on any atom is 0.232 e. The number of anilines is 1. The normalized spacial score (nSPS) is 11.4. The van der Waals surface area contributed by atoms with Gasteiger partial charge in [-0.3, -0.25) is 4.72 Å². The highest BCUT2D eigenvalue weighted by molar-refractivity contribution is 7.92. The molecule has 0 saturated heterocycles. The van der Waals surface area contributed by atoms with Crippen LogP contribution in [0, 0.1) is 12.7 Å². The average molecular weight is 266 g/mol. The van der Waals surface area contributed by atoms with E-state index in [2.05, 4.69) is 4.72 Å². The summed E-state index contributed by atoms with van der Waals surface area (Å²) in [5.41, 5.74) is 0.905. The molecule has 6 heteroatoms. The lowest BCUT2D eigenvalue weighted by atomic mass is 10.2. The molecule has 0 spiro atoms. The van der Waals surface area contributed by atoms with Gasteiger partial charge in [-0.15, -0.1) is 11.6 Å². The molecule has 0 heterocycles. The molecule has 0 bridgehead atoms. The molecular weight excluding hydrogens is 253 g/mol. The topological polar surface area (TPSA) is 46.2 Å². The molecule has 90 valence electrons. The van der Waals surface area contributed by atoms with Gasteiger partial charge in [-0.25, -0.2) is 12.8 Å². The van der Waals surface area contributed by atoms with Crippen molar-refractivity contribution in [2.24, 2.45) is 0 Å². The largest absolute Gasteiger partial charge is 0.283 e. The molecule has 0 aliphatic heterocycles. The van der Waals surface area contributed by atoms with E-state index < -0.39 is 15.8 Å². The smallest absolute Gasteiger partial charge is 0.232 e. The van der Waals surface area contributed by atoms with E-state index in [0.29, 0.717) is 12.0 Å². The van der Waals surface area contributed by atoms with Gasteiger partial charge in [-0.1, -0.05) is 0 Å². The Balaban J connectivity index is 2.80. The van der Waals surface area contributed by atoms with E-state index in [1.807, 2.05) is 0 Å². The summed E-state index contributed by atoms with van der Waals surface area (Å²) in [6.07, 6.45) is 0.366. The zero-order chi connectivity index (χ0) is 12.2. The molecular formula is C10H13ClFNO2S. The molecule has 1 rings (SSSR count). The van der Waals surface area contributed by atoms with E-state index in [0.717, 1.165) is 6.07 Å². The molecule has 16 heavy (non-hydrogen) atoms. The third-order valence-corrected chi connectivity index (χ3v) is 3.50. The van der Waals surface area contributed by atoms with Gasteiger partial charge in [0.2, 0.25) is 10.0 Å². The molecule has 0 aliphatic rings. The number of sulfonamides is 1. The summed E-state index contributed by atoms with van der Waals surface area (Å²) in [6, 6.07) is 4.04. The molecule has 0 radical (unpaired) electrons. The summed E-state index contributed by atoms with van der Waals surface area (Å²) in [4.78, 5) is 0. The van der Waals surface area contributed by atoms with Crippen LogP contribution in [-0.4, -0.2) is 20.1 Å². The van der Waals surface area contributed by atoms with Gasteiger partial charge < -0.3 is 0 Å². The Labute approximate surface area is 99.7 Å². The molecule has 0 saturated carbocycles. The Morgan fingerprint density at radius 1 is 1.38 bits per heavy atom. The first-order valence-electron chi connectivity index (χ1n) is 4.76. The zero-order valence-electron chi connectivity index (χ0n) is 8.83. The van der Waals surface area contributed by atoms with Crippen LogP contribution in [-0.2, 0) is 10.0 Å². The minimum Gasteiger partial charge on any atom is -0.283 e. The summed E-state index contributed by atoms with van der Waals surface area (Å²) in [5, 5.41) is 0. The lowest BCUT2D eigenvalue weighted by Gasteiger charge is -2.08. The Morgan fingerprint density at radius 3 is 2.62 bits per heavy atom. The Morgan fingerprint density at radius 2 is 2.06 bits per heavy atom. The number of hydrogen-bond acceptors (Lipinski definition) is 2. The van der Waals surface area contributed by atoms with Crippen molar-refractivity contribution in [3.05, 3.63) is 29.6 Å². The molecule has 0 atom stereocenters. The quantitative estimate of drug-likeness (QED) is 0.832. The van der Waals surface area contributed by atoms with Crippen LogP contribution in [0.4, 0.5) is 10.1 Å². The summed E-state index contributed by atoms with van der Waals surface area (Å²) < 4.78 is 38.3. The molecule has 1 N–H and O–H groups in total. The first kappa shape index (κ1) is 13.3. The number of alkyl halides is 1. The fourth-order valence-electron chi connectivity index (χ4n) is 1.27. The fourth-order valence-corrected chi connectivity index (χ4v) is 2.67. The fraction of sp³-hybridized carbons (Fsp3) is 0.400. The van der Waals surface area contributed by atoms with Gasteiger partial charge in [0.1, 0.15) is 5.82 Å². The highest BCUT2D eigenvalue weighted by Crippen LogP contribution is 2.15. The first-order valence-corrected chi connectivity index (χ1v) is 6.95. The Hall–Kier alpha value is -0.810. The molecule has 1 aromatic rings. The highest BCUT2D eigenvalue weighted by Gasteiger charge is 2.10. The molecule has 3 nitrogen and oxygen atoms in total. The second-order valence-electron chi connectivity index (χ2n) is 3.48. The van der Waals surface area contributed by atoms with Crippen LogP contribution in [0.25, 0.3) is 0 Å². The van der Waals surface area contributed by atoms with Gasteiger partial charge >= 0.3 is 0 Å². The number of halogens is 2. The third kappa shape index (κ3) is 4.37. The van der Waals surface area contributed by atoms with Crippen LogP contribution in [0.5, 0.6) is 0 Å². The van der Waals surface area contributed by atoms with Gasteiger partial charge in [0.25, 0.3) is 0 Å². The van der Waals surface area contributed by atoms with Crippen LogP contribution in [0.3, 0.4) is 0 Å². The van der Waals surface area contributed by atoms with Crippen molar-refractivity contribution in [2.75, 3.05) is 16.4 Å². The number of hydrogen-bond donors (Lipinski definition) is 1. The minimum atomic E-state index is -3.43. The summed E-state index contributed by atoms with van der Waals surface area (Å²) >= 11 is 5.41. The van der Waals surface area contributed by atoms with Crippen LogP contribution in [0.1, 0.15) is 12.0 Å². The van der Waals surface area contributed by atoms with E-state index in [1.165, 1.54) is 6.07 Å². The second-order valence-corrected chi connectivity index (χ2v) is 5.70. The zero-order valence-corrected chi connectivity index (χ0v) is 10.4. The molecule has 0 fully saturated rings. The molecule has 1 aromatic carbocycles.